The van der Waals surface area contributed by atoms with E-state index in [4.69, 9.17) is 0 Å². The molecule has 6 unspecified atom stereocenters. The van der Waals surface area contributed by atoms with Gasteiger partial charge >= 0.3 is 0 Å². The maximum absolute atomic E-state index is 11.8. The van der Waals surface area contributed by atoms with Crippen LogP contribution in [0, 0.1) is 28.6 Å². The molecule has 120 valence electrons. The number of carbonyl (C=O) groups is 1. The van der Waals surface area contributed by atoms with Gasteiger partial charge in [-0.3, -0.25) is 4.79 Å². The van der Waals surface area contributed by atoms with Crippen LogP contribution < -0.4 is 0 Å². The summed E-state index contributed by atoms with van der Waals surface area (Å²) >= 11 is 0. The Morgan fingerprint density at radius 3 is 2.64 bits per heavy atom. The number of aliphatic hydroxyl groups excluding tert-OH is 2. The molecule has 0 radical (unpaired) electrons. The molecule has 3 saturated carbocycles. The summed E-state index contributed by atoms with van der Waals surface area (Å²) in [7, 11) is 0. The standard InChI is InChI=1S/C19H26O3/c1-18-8-7-15-13(14(18)5-6-16(18)21)4-3-11-9-12(20)10-17(22)19(11,15)2/h9-10,13-16,21-22H,3-8H2,1-2H3. The monoisotopic (exact) mass is 302 g/mol. The largest absolute Gasteiger partial charge is 0.511 e. The molecule has 0 aromatic rings. The lowest BCUT2D eigenvalue weighted by molar-refractivity contribution is -0.111. The molecule has 0 aromatic carbocycles. The van der Waals surface area contributed by atoms with Gasteiger partial charge in [0.1, 0.15) is 5.76 Å². The molecule has 4 aliphatic rings. The molecule has 22 heavy (non-hydrogen) atoms. The topological polar surface area (TPSA) is 57.5 Å². The van der Waals surface area contributed by atoms with Gasteiger partial charge in [-0.1, -0.05) is 12.5 Å². The second-order valence-electron chi connectivity index (χ2n) is 8.36. The molecule has 3 fully saturated rings. The van der Waals surface area contributed by atoms with Crippen LogP contribution in [0.4, 0.5) is 0 Å². The average molecular weight is 302 g/mol. The maximum atomic E-state index is 11.8. The van der Waals surface area contributed by atoms with Crippen molar-refractivity contribution in [2.24, 2.45) is 28.6 Å². The van der Waals surface area contributed by atoms with Crippen LogP contribution in [0.2, 0.25) is 0 Å². The summed E-state index contributed by atoms with van der Waals surface area (Å²) in [6.07, 6.45) is 9.11. The molecule has 0 aromatic heterocycles. The minimum Gasteiger partial charge on any atom is -0.511 e. The van der Waals surface area contributed by atoms with E-state index in [1.165, 1.54) is 6.08 Å². The second-order valence-corrected chi connectivity index (χ2v) is 8.36. The molecule has 0 heterocycles. The third-order valence-corrected chi connectivity index (χ3v) is 7.67. The highest BCUT2D eigenvalue weighted by molar-refractivity contribution is 6.01. The van der Waals surface area contributed by atoms with Crippen LogP contribution in [0.5, 0.6) is 0 Å². The van der Waals surface area contributed by atoms with Crippen molar-refractivity contribution in [3.8, 4) is 0 Å². The van der Waals surface area contributed by atoms with Gasteiger partial charge in [0.05, 0.1) is 6.10 Å². The van der Waals surface area contributed by atoms with Crippen molar-refractivity contribution in [3.05, 3.63) is 23.5 Å². The summed E-state index contributed by atoms with van der Waals surface area (Å²) in [4.78, 5) is 11.8. The molecule has 3 heteroatoms. The molecule has 0 amide bonds. The number of allylic oxidation sites excluding steroid dienone is 3. The molecule has 4 aliphatic carbocycles. The maximum Gasteiger partial charge on any atom is 0.181 e. The van der Waals surface area contributed by atoms with Crippen LogP contribution in [0.1, 0.15) is 52.4 Å². The number of fused-ring (bicyclic) bond motifs is 5. The van der Waals surface area contributed by atoms with E-state index in [0.717, 1.165) is 44.1 Å². The van der Waals surface area contributed by atoms with Crippen molar-refractivity contribution in [3.63, 3.8) is 0 Å². The van der Waals surface area contributed by atoms with E-state index in [0.29, 0.717) is 17.8 Å². The lowest BCUT2D eigenvalue weighted by Gasteiger charge is -2.56. The summed E-state index contributed by atoms with van der Waals surface area (Å²) in [6.45, 7) is 4.39. The molecule has 0 aliphatic heterocycles. The fourth-order valence-electron chi connectivity index (χ4n) is 6.27. The zero-order valence-corrected chi connectivity index (χ0v) is 13.5. The first-order valence-electron chi connectivity index (χ1n) is 8.71. The minimum absolute atomic E-state index is 0.0581. The molecule has 0 bridgehead atoms. The predicted molar refractivity (Wildman–Crippen MR) is 84.2 cm³/mol. The van der Waals surface area contributed by atoms with Crippen LogP contribution in [-0.2, 0) is 4.79 Å². The Kier molecular flexibility index (Phi) is 2.95. The molecule has 4 rings (SSSR count). The van der Waals surface area contributed by atoms with Crippen LogP contribution in [0.15, 0.2) is 23.5 Å². The van der Waals surface area contributed by atoms with E-state index in [1.54, 1.807) is 6.08 Å². The Bertz CT molecular complexity index is 589. The van der Waals surface area contributed by atoms with Gasteiger partial charge in [0, 0.05) is 11.5 Å². The third kappa shape index (κ3) is 1.63. The average Bonchev–Trinajstić information content (AvgIpc) is 2.77. The van der Waals surface area contributed by atoms with Gasteiger partial charge in [0.2, 0.25) is 0 Å². The number of rotatable bonds is 0. The molecule has 0 saturated heterocycles. The first-order chi connectivity index (χ1) is 10.4. The van der Waals surface area contributed by atoms with Crippen LogP contribution in [0.25, 0.3) is 0 Å². The molecule has 2 N–H and O–H groups in total. The zero-order valence-electron chi connectivity index (χ0n) is 13.5. The van der Waals surface area contributed by atoms with Gasteiger partial charge in [-0.2, -0.15) is 0 Å². The van der Waals surface area contributed by atoms with Crippen molar-refractivity contribution >= 4 is 5.78 Å². The number of hydrogen-bond acceptors (Lipinski definition) is 3. The summed E-state index contributed by atoms with van der Waals surface area (Å²) < 4.78 is 0. The highest BCUT2D eigenvalue weighted by atomic mass is 16.3. The highest BCUT2D eigenvalue weighted by Gasteiger charge is 2.59. The molecule has 3 nitrogen and oxygen atoms in total. The lowest BCUT2D eigenvalue weighted by Crippen LogP contribution is -2.51. The van der Waals surface area contributed by atoms with E-state index < -0.39 is 0 Å². The highest BCUT2D eigenvalue weighted by Crippen LogP contribution is 2.65. The van der Waals surface area contributed by atoms with E-state index in [-0.39, 0.29) is 28.5 Å². The third-order valence-electron chi connectivity index (χ3n) is 7.67. The van der Waals surface area contributed by atoms with E-state index in [1.807, 2.05) is 0 Å². The van der Waals surface area contributed by atoms with Crippen LogP contribution in [-0.4, -0.2) is 22.1 Å². The first-order valence-corrected chi connectivity index (χ1v) is 8.71. The first kappa shape index (κ1) is 14.5. The van der Waals surface area contributed by atoms with E-state index in [9.17, 15) is 15.0 Å². The molecule has 6 atom stereocenters. The van der Waals surface area contributed by atoms with Crippen molar-refractivity contribution < 1.29 is 15.0 Å². The summed E-state index contributed by atoms with van der Waals surface area (Å²) in [6, 6.07) is 0. The normalized spacial score (nSPS) is 50.6. The Balaban J connectivity index is 1.74. The van der Waals surface area contributed by atoms with E-state index in [2.05, 4.69) is 13.8 Å². The minimum atomic E-state index is -0.355. The van der Waals surface area contributed by atoms with Crippen LogP contribution in [0.3, 0.4) is 0 Å². The fraction of sp³-hybridized carbons (Fsp3) is 0.737. The van der Waals surface area contributed by atoms with Gasteiger partial charge in [-0.15, -0.1) is 0 Å². The SMILES string of the molecule is CC12C(O)=CC(=O)C=C1CCC1C2CCC2(C)C(O)CCC12. The van der Waals surface area contributed by atoms with Gasteiger partial charge in [-0.05, 0) is 74.7 Å². The van der Waals surface area contributed by atoms with Gasteiger partial charge in [0.25, 0.3) is 0 Å². The van der Waals surface area contributed by atoms with Crippen molar-refractivity contribution in [1.82, 2.24) is 0 Å². The van der Waals surface area contributed by atoms with Gasteiger partial charge in [-0.25, -0.2) is 0 Å². The van der Waals surface area contributed by atoms with Gasteiger partial charge in [0.15, 0.2) is 5.78 Å². The molecule has 0 spiro atoms. The van der Waals surface area contributed by atoms with E-state index >= 15 is 0 Å². The number of carbonyl (C=O) groups excluding carboxylic acids is 1. The van der Waals surface area contributed by atoms with Crippen molar-refractivity contribution in [1.29, 1.82) is 0 Å². The zero-order chi connectivity index (χ0) is 15.7. The number of aliphatic hydroxyl groups is 2. The van der Waals surface area contributed by atoms with Gasteiger partial charge < -0.3 is 10.2 Å². The Hall–Kier alpha value is -1.09. The Morgan fingerprint density at radius 2 is 1.86 bits per heavy atom. The smallest absolute Gasteiger partial charge is 0.181 e. The number of ketones is 1. The van der Waals surface area contributed by atoms with Crippen LogP contribution >= 0.6 is 0 Å². The van der Waals surface area contributed by atoms with Crippen molar-refractivity contribution in [2.75, 3.05) is 0 Å². The lowest BCUT2D eigenvalue weighted by atomic mass is 9.48. The second kappa shape index (κ2) is 4.47. The summed E-state index contributed by atoms with van der Waals surface area (Å²) in [5, 5.41) is 21.0. The predicted octanol–water partition coefficient (Wildman–Crippen LogP) is 3.54. The van der Waals surface area contributed by atoms with Crippen molar-refractivity contribution in [2.45, 2.75) is 58.5 Å². The quantitative estimate of drug-likeness (QED) is 0.719. The Labute approximate surface area is 132 Å². The Morgan fingerprint density at radius 1 is 1.09 bits per heavy atom. The number of hydrogen-bond donors (Lipinski definition) is 2. The fourth-order valence-corrected chi connectivity index (χ4v) is 6.27. The molecular weight excluding hydrogens is 276 g/mol. The summed E-state index contributed by atoms with van der Waals surface area (Å²) in [5.41, 5.74) is 0.828. The summed E-state index contributed by atoms with van der Waals surface area (Å²) in [5.74, 6) is 1.72. The molecular formula is C19H26O3.